The maximum Gasteiger partial charge on any atom is 0.328 e. The van der Waals surface area contributed by atoms with Crippen LogP contribution in [-0.2, 0) is 9.53 Å². The molecule has 2 aromatic carbocycles. The number of benzene rings is 2. The lowest BCUT2D eigenvalue weighted by Crippen LogP contribution is -2.39. The zero-order valence-electron chi connectivity index (χ0n) is 14.5. The predicted molar refractivity (Wildman–Crippen MR) is 95.5 cm³/mol. The van der Waals surface area contributed by atoms with Crippen LogP contribution in [0.5, 0.6) is 0 Å². The molecule has 0 bridgehead atoms. The first kappa shape index (κ1) is 17.6. The first-order valence-corrected chi connectivity index (χ1v) is 8.90. The molecule has 1 aliphatic heterocycles. The summed E-state index contributed by atoms with van der Waals surface area (Å²) >= 11 is 0. The van der Waals surface area contributed by atoms with Crippen molar-refractivity contribution in [1.82, 2.24) is 4.90 Å². The standard InChI is InChI=1S/C21H24FNO2/c1-16(17-10-4-2-5-11-17)25-21(24)20(23-14-8-3-9-15-23)18-12-6-7-13-19(18)22/h2,4-7,10-13,16,20H,3,8-9,14-15H2,1H3. The monoisotopic (exact) mass is 341 g/mol. The Bertz CT molecular complexity index is 698. The molecule has 3 rings (SSSR count). The molecular formula is C21H24FNO2. The second kappa shape index (κ2) is 8.26. The number of esters is 1. The van der Waals surface area contributed by atoms with Crippen LogP contribution in [0.3, 0.4) is 0 Å². The predicted octanol–water partition coefficient (Wildman–Crippen LogP) is 4.66. The van der Waals surface area contributed by atoms with Gasteiger partial charge in [-0.3, -0.25) is 4.90 Å². The van der Waals surface area contributed by atoms with Gasteiger partial charge in [0.25, 0.3) is 0 Å². The number of halogens is 1. The number of carbonyl (C=O) groups excluding carboxylic acids is 1. The summed E-state index contributed by atoms with van der Waals surface area (Å²) in [5.41, 5.74) is 1.33. The minimum atomic E-state index is -0.687. The molecule has 2 aromatic rings. The molecule has 132 valence electrons. The summed E-state index contributed by atoms with van der Waals surface area (Å²) in [5, 5.41) is 0. The fourth-order valence-corrected chi connectivity index (χ4v) is 3.38. The van der Waals surface area contributed by atoms with Crippen LogP contribution in [0.1, 0.15) is 49.5 Å². The third kappa shape index (κ3) is 4.26. The van der Waals surface area contributed by atoms with Crippen molar-refractivity contribution in [2.45, 2.75) is 38.3 Å². The van der Waals surface area contributed by atoms with Crippen LogP contribution in [-0.4, -0.2) is 24.0 Å². The minimum Gasteiger partial charge on any atom is -0.456 e. The Kier molecular flexibility index (Phi) is 5.82. The van der Waals surface area contributed by atoms with E-state index < -0.39 is 6.04 Å². The molecule has 0 saturated carbocycles. The van der Waals surface area contributed by atoms with Crippen LogP contribution in [0.15, 0.2) is 54.6 Å². The molecule has 0 amide bonds. The maximum absolute atomic E-state index is 14.4. The number of likely N-dealkylation sites (tertiary alicyclic amines) is 1. The molecule has 2 unspecified atom stereocenters. The second-order valence-corrected chi connectivity index (χ2v) is 6.51. The highest BCUT2D eigenvalue weighted by Crippen LogP contribution is 2.30. The van der Waals surface area contributed by atoms with E-state index in [1.54, 1.807) is 18.2 Å². The third-order valence-electron chi connectivity index (χ3n) is 4.74. The highest BCUT2D eigenvalue weighted by Gasteiger charge is 2.33. The lowest BCUT2D eigenvalue weighted by molar-refractivity contribution is -0.156. The zero-order chi connectivity index (χ0) is 17.6. The van der Waals surface area contributed by atoms with E-state index in [1.165, 1.54) is 6.07 Å². The van der Waals surface area contributed by atoms with Gasteiger partial charge >= 0.3 is 5.97 Å². The Labute approximate surface area is 148 Å². The lowest BCUT2D eigenvalue weighted by atomic mass is 10.0. The zero-order valence-corrected chi connectivity index (χ0v) is 14.5. The summed E-state index contributed by atoms with van der Waals surface area (Å²) < 4.78 is 20.1. The summed E-state index contributed by atoms with van der Waals surface area (Å²) in [4.78, 5) is 15.0. The van der Waals surface area contributed by atoms with Crippen LogP contribution in [0.4, 0.5) is 4.39 Å². The van der Waals surface area contributed by atoms with E-state index in [0.717, 1.165) is 37.9 Å². The SMILES string of the molecule is CC(OC(=O)C(c1ccccc1F)N1CCCCC1)c1ccccc1. The van der Waals surface area contributed by atoms with Gasteiger partial charge in [0, 0.05) is 5.56 Å². The van der Waals surface area contributed by atoms with Crippen LogP contribution in [0, 0.1) is 5.82 Å². The summed E-state index contributed by atoms with van der Waals surface area (Å²) in [5.74, 6) is -0.745. The Morgan fingerprint density at radius 2 is 1.64 bits per heavy atom. The molecule has 0 aliphatic carbocycles. The molecule has 1 saturated heterocycles. The number of rotatable bonds is 5. The molecule has 0 aromatic heterocycles. The second-order valence-electron chi connectivity index (χ2n) is 6.51. The Morgan fingerprint density at radius 3 is 2.32 bits per heavy atom. The fraction of sp³-hybridized carbons (Fsp3) is 0.381. The Hall–Kier alpha value is -2.20. The van der Waals surface area contributed by atoms with E-state index >= 15 is 0 Å². The van der Waals surface area contributed by atoms with E-state index in [4.69, 9.17) is 4.74 Å². The van der Waals surface area contributed by atoms with Crippen molar-refractivity contribution in [2.75, 3.05) is 13.1 Å². The Balaban J connectivity index is 1.83. The molecule has 3 nitrogen and oxygen atoms in total. The van der Waals surface area contributed by atoms with Gasteiger partial charge in [-0.15, -0.1) is 0 Å². The summed E-state index contributed by atoms with van der Waals surface area (Å²) in [6, 6.07) is 15.4. The van der Waals surface area contributed by atoms with Gasteiger partial charge in [0.2, 0.25) is 0 Å². The largest absolute Gasteiger partial charge is 0.456 e. The molecule has 4 heteroatoms. The van der Waals surface area contributed by atoms with Gasteiger partial charge in [-0.25, -0.2) is 9.18 Å². The average molecular weight is 341 g/mol. The number of nitrogens with zero attached hydrogens (tertiary/aromatic N) is 1. The van der Waals surface area contributed by atoms with Crippen molar-refractivity contribution in [2.24, 2.45) is 0 Å². The number of hydrogen-bond acceptors (Lipinski definition) is 3. The molecule has 1 aliphatic rings. The van der Waals surface area contributed by atoms with E-state index in [0.29, 0.717) is 5.56 Å². The normalized spacial score (nSPS) is 17.7. The van der Waals surface area contributed by atoms with Crippen LogP contribution < -0.4 is 0 Å². The molecule has 0 spiro atoms. The first-order chi connectivity index (χ1) is 12.2. The average Bonchev–Trinajstić information content (AvgIpc) is 2.65. The molecule has 1 heterocycles. The van der Waals surface area contributed by atoms with Crippen LogP contribution >= 0.6 is 0 Å². The highest BCUT2D eigenvalue weighted by molar-refractivity contribution is 5.78. The number of piperidine rings is 1. The first-order valence-electron chi connectivity index (χ1n) is 8.90. The van der Waals surface area contributed by atoms with Crippen molar-refractivity contribution in [3.63, 3.8) is 0 Å². The number of ether oxygens (including phenoxy) is 1. The van der Waals surface area contributed by atoms with Crippen LogP contribution in [0.2, 0.25) is 0 Å². The molecule has 2 atom stereocenters. The molecule has 1 fully saturated rings. The summed E-state index contributed by atoms with van der Waals surface area (Å²) in [6.45, 7) is 3.42. The van der Waals surface area contributed by atoms with Crippen molar-refractivity contribution >= 4 is 5.97 Å². The Morgan fingerprint density at radius 1 is 1.00 bits per heavy atom. The maximum atomic E-state index is 14.4. The van der Waals surface area contributed by atoms with Crippen molar-refractivity contribution < 1.29 is 13.9 Å². The molecule has 0 radical (unpaired) electrons. The van der Waals surface area contributed by atoms with Crippen molar-refractivity contribution in [1.29, 1.82) is 0 Å². The van der Waals surface area contributed by atoms with Crippen molar-refractivity contribution in [3.8, 4) is 0 Å². The van der Waals surface area contributed by atoms with Gasteiger partial charge in [0.05, 0.1) is 0 Å². The molecule has 25 heavy (non-hydrogen) atoms. The van der Waals surface area contributed by atoms with E-state index in [2.05, 4.69) is 0 Å². The topological polar surface area (TPSA) is 29.5 Å². The van der Waals surface area contributed by atoms with Gasteiger partial charge in [-0.2, -0.15) is 0 Å². The fourth-order valence-electron chi connectivity index (χ4n) is 3.38. The van der Waals surface area contributed by atoms with Gasteiger partial charge in [-0.05, 0) is 44.5 Å². The molecular weight excluding hydrogens is 317 g/mol. The van der Waals surface area contributed by atoms with E-state index in [9.17, 15) is 9.18 Å². The van der Waals surface area contributed by atoms with Gasteiger partial charge in [-0.1, -0.05) is 55.0 Å². The van der Waals surface area contributed by atoms with Gasteiger partial charge in [0.15, 0.2) is 0 Å². The quantitative estimate of drug-likeness (QED) is 0.741. The molecule has 0 N–H and O–H groups in total. The lowest BCUT2D eigenvalue weighted by Gasteiger charge is -2.34. The minimum absolute atomic E-state index is 0.359. The van der Waals surface area contributed by atoms with E-state index in [-0.39, 0.29) is 17.9 Å². The number of carbonyl (C=O) groups is 1. The summed E-state index contributed by atoms with van der Waals surface area (Å²) in [6.07, 6.45) is 2.82. The number of hydrogen-bond donors (Lipinski definition) is 0. The van der Waals surface area contributed by atoms with Gasteiger partial charge in [0.1, 0.15) is 18.0 Å². The highest BCUT2D eigenvalue weighted by atomic mass is 19.1. The summed E-state index contributed by atoms with van der Waals surface area (Å²) in [7, 11) is 0. The smallest absolute Gasteiger partial charge is 0.328 e. The van der Waals surface area contributed by atoms with Crippen molar-refractivity contribution in [3.05, 3.63) is 71.5 Å². The third-order valence-corrected chi connectivity index (χ3v) is 4.74. The van der Waals surface area contributed by atoms with Crippen LogP contribution in [0.25, 0.3) is 0 Å². The van der Waals surface area contributed by atoms with Gasteiger partial charge < -0.3 is 4.74 Å². The van der Waals surface area contributed by atoms with E-state index in [1.807, 2.05) is 42.2 Å².